The van der Waals surface area contributed by atoms with E-state index in [0.717, 1.165) is 12.5 Å². The third kappa shape index (κ3) is 2.89. The molecule has 1 aliphatic carbocycles. The Morgan fingerprint density at radius 3 is 2.06 bits per heavy atom. The van der Waals surface area contributed by atoms with Crippen molar-refractivity contribution in [3.8, 4) is 0 Å². The maximum Gasteiger partial charge on any atom is 0.192 e. The molecule has 0 saturated heterocycles. The molecule has 96 valence electrons. The molecule has 16 heavy (non-hydrogen) atoms. The Balaban J connectivity index is 2.51. The highest BCUT2D eigenvalue weighted by molar-refractivity contribution is 6.74. The average molecular weight is 242 g/mol. The van der Waals surface area contributed by atoms with Crippen molar-refractivity contribution in [3.63, 3.8) is 0 Å². The minimum Gasteiger partial charge on any atom is -0.416 e. The summed E-state index contributed by atoms with van der Waals surface area (Å²) in [6.45, 7) is 17.4. The van der Waals surface area contributed by atoms with E-state index in [-0.39, 0.29) is 0 Å². The zero-order chi connectivity index (χ0) is 12.6. The van der Waals surface area contributed by atoms with Crippen molar-refractivity contribution in [2.45, 2.75) is 72.0 Å². The van der Waals surface area contributed by atoms with Gasteiger partial charge in [-0.15, -0.1) is 0 Å². The maximum atomic E-state index is 6.38. The first-order chi connectivity index (χ1) is 7.12. The predicted octanol–water partition coefficient (Wildman–Crippen LogP) is 4.83. The van der Waals surface area contributed by atoms with Crippen LogP contribution in [-0.4, -0.2) is 14.9 Å². The van der Waals surface area contributed by atoms with E-state index in [9.17, 15) is 0 Å². The molecular formula is C14H30OSi. The molecule has 0 heterocycles. The van der Waals surface area contributed by atoms with Crippen molar-refractivity contribution in [2.24, 2.45) is 11.3 Å². The van der Waals surface area contributed by atoms with Gasteiger partial charge in [0, 0.05) is 6.61 Å². The standard InChI is InChI=1S/C14H30OSi/c1-8-14(9-12(2)10-14)11-15-16(6,7)13(3,4)5/h12H,8-11H2,1-7H3. The second-order valence-electron chi connectivity index (χ2n) is 7.42. The van der Waals surface area contributed by atoms with E-state index in [2.05, 4.69) is 47.7 Å². The van der Waals surface area contributed by atoms with E-state index in [0.29, 0.717) is 10.5 Å². The first kappa shape index (κ1) is 14.2. The van der Waals surface area contributed by atoms with Crippen LogP contribution in [0.5, 0.6) is 0 Å². The number of rotatable bonds is 4. The van der Waals surface area contributed by atoms with Gasteiger partial charge in [0.05, 0.1) is 0 Å². The van der Waals surface area contributed by atoms with Crippen molar-refractivity contribution in [1.82, 2.24) is 0 Å². The monoisotopic (exact) mass is 242 g/mol. The third-order valence-corrected chi connectivity index (χ3v) is 9.34. The minimum atomic E-state index is -1.54. The molecule has 0 aromatic heterocycles. The Hall–Kier alpha value is 0.177. The van der Waals surface area contributed by atoms with Gasteiger partial charge in [-0.2, -0.15) is 0 Å². The van der Waals surface area contributed by atoms with Crippen molar-refractivity contribution in [3.05, 3.63) is 0 Å². The predicted molar refractivity (Wildman–Crippen MR) is 74.3 cm³/mol. The molecule has 2 heteroatoms. The zero-order valence-electron chi connectivity index (χ0n) is 12.3. The van der Waals surface area contributed by atoms with E-state index in [1.165, 1.54) is 19.3 Å². The van der Waals surface area contributed by atoms with Crippen molar-refractivity contribution >= 4 is 8.32 Å². The minimum absolute atomic E-state index is 0.345. The molecule has 0 N–H and O–H groups in total. The normalized spacial score (nSPS) is 31.3. The van der Waals surface area contributed by atoms with Gasteiger partial charge in [-0.25, -0.2) is 0 Å². The molecule has 1 rings (SSSR count). The van der Waals surface area contributed by atoms with Crippen molar-refractivity contribution < 1.29 is 4.43 Å². The molecule has 0 unspecified atom stereocenters. The molecule has 0 aliphatic heterocycles. The highest BCUT2D eigenvalue weighted by Crippen LogP contribution is 2.49. The van der Waals surface area contributed by atoms with Gasteiger partial charge in [-0.3, -0.25) is 0 Å². The maximum absolute atomic E-state index is 6.38. The molecule has 1 saturated carbocycles. The van der Waals surface area contributed by atoms with E-state index in [4.69, 9.17) is 4.43 Å². The lowest BCUT2D eigenvalue weighted by Gasteiger charge is -2.48. The summed E-state index contributed by atoms with van der Waals surface area (Å²) in [5.41, 5.74) is 0.523. The van der Waals surface area contributed by atoms with Crippen LogP contribution in [0.3, 0.4) is 0 Å². The highest BCUT2D eigenvalue weighted by atomic mass is 28.4. The molecule has 0 spiro atoms. The van der Waals surface area contributed by atoms with E-state index in [1.807, 2.05) is 0 Å². The van der Waals surface area contributed by atoms with Gasteiger partial charge in [0.1, 0.15) is 0 Å². The van der Waals surface area contributed by atoms with Crippen LogP contribution < -0.4 is 0 Å². The van der Waals surface area contributed by atoms with E-state index in [1.54, 1.807) is 0 Å². The summed E-state index contributed by atoms with van der Waals surface area (Å²) >= 11 is 0. The molecule has 0 aromatic carbocycles. The second kappa shape index (κ2) is 4.45. The molecule has 0 aromatic rings. The topological polar surface area (TPSA) is 9.23 Å². The van der Waals surface area contributed by atoms with Gasteiger partial charge in [-0.1, -0.05) is 34.6 Å². The summed E-state index contributed by atoms with van der Waals surface area (Å²) in [5.74, 6) is 0.919. The van der Waals surface area contributed by atoms with Crippen molar-refractivity contribution in [1.29, 1.82) is 0 Å². The van der Waals surface area contributed by atoms with Crippen LogP contribution in [-0.2, 0) is 4.43 Å². The molecule has 1 aliphatic rings. The SMILES string of the molecule is CCC1(CO[Si](C)(C)C(C)(C)C)CC(C)C1. The van der Waals surface area contributed by atoms with Gasteiger partial charge < -0.3 is 4.43 Å². The largest absolute Gasteiger partial charge is 0.416 e. The van der Waals surface area contributed by atoms with Crippen molar-refractivity contribution in [2.75, 3.05) is 6.61 Å². The average Bonchev–Trinajstić information content (AvgIpc) is 2.08. The summed E-state index contributed by atoms with van der Waals surface area (Å²) in [6, 6.07) is 0. The Morgan fingerprint density at radius 2 is 1.75 bits per heavy atom. The third-order valence-electron chi connectivity index (χ3n) is 4.86. The molecule has 1 fully saturated rings. The first-order valence-corrected chi connectivity index (χ1v) is 9.67. The van der Waals surface area contributed by atoms with Crippen LogP contribution in [0.25, 0.3) is 0 Å². The Kier molecular flexibility index (Phi) is 3.96. The lowest BCUT2D eigenvalue weighted by molar-refractivity contribution is 0.00398. The van der Waals surface area contributed by atoms with Gasteiger partial charge in [0.25, 0.3) is 0 Å². The Labute approximate surface area is 103 Å². The van der Waals surface area contributed by atoms with E-state index >= 15 is 0 Å². The molecular weight excluding hydrogens is 212 g/mol. The molecule has 1 nitrogen and oxygen atoms in total. The first-order valence-electron chi connectivity index (χ1n) is 6.76. The quantitative estimate of drug-likeness (QED) is 0.641. The Bertz CT molecular complexity index is 234. The van der Waals surface area contributed by atoms with Crippen LogP contribution in [0.15, 0.2) is 0 Å². The van der Waals surface area contributed by atoms with Crippen LogP contribution in [0.2, 0.25) is 18.1 Å². The fourth-order valence-electron chi connectivity index (χ4n) is 2.48. The highest BCUT2D eigenvalue weighted by Gasteiger charge is 2.44. The fourth-order valence-corrected chi connectivity index (χ4v) is 3.58. The second-order valence-corrected chi connectivity index (χ2v) is 12.2. The summed E-state index contributed by atoms with van der Waals surface area (Å²) in [6.07, 6.45) is 4.03. The lowest BCUT2D eigenvalue weighted by atomic mass is 9.62. The van der Waals surface area contributed by atoms with Gasteiger partial charge in [0.15, 0.2) is 8.32 Å². The summed E-state index contributed by atoms with van der Waals surface area (Å²) < 4.78 is 6.38. The number of hydrogen-bond donors (Lipinski definition) is 0. The van der Waals surface area contributed by atoms with Crippen LogP contribution in [0, 0.1) is 11.3 Å². The van der Waals surface area contributed by atoms with Gasteiger partial charge in [0.2, 0.25) is 0 Å². The summed E-state index contributed by atoms with van der Waals surface area (Å²) in [5, 5.41) is 0.345. The van der Waals surface area contributed by atoms with Crippen LogP contribution in [0.4, 0.5) is 0 Å². The summed E-state index contributed by atoms with van der Waals surface area (Å²) in [7, 11) is -1.54. The van der Waals surface area contributed by atoms with Crippen LogP contribution >= 0.6 is 0 Å². The molecule has 0 bridgehead atoms. The smallest absolute Gasteiger partial charge is 0.192 e. The zero-order valence-corrected chi connectivity index (χ0v) is 13.3. The fraction of sp³-hybridized carbons (Fsp3) is 1.00. The van der Waals surface area contributed by atoms with Gasteiger partial charge in [-0.05, 0) is 48.7 Å². The lowest BCUT2D eigenvalue weighted by Crippen LogP contribution is -2.47. The summed E-state index contributed by atoms with van der Waals surface area (Å²) in [4.78, 5) is 0. The Morgan fingerprint density at radius 1 is 1.25 bits per heavy atom. The van der Waals surface area contributed by atoms with E-state index < -0.39 is 8.32 Å². The molecule has 0 amide bonds. The van der Waals surface area contributed by atoms with Gasteiger partial charge >= 0.3 is 0 Å². The molecule has 0 atom stereocenters. The molecule has 0 radical (unpaired) electrons. The van der Waals surface area contributed by atoms with Crippen LogP contribution in [0.1, 0.15) is 53.9 Å². The number of hydrogen-bond acceptors (Lipinski definition) is 1.